The van der Waals surface area contributed by atoms with Gasteiger partial charge in [-0.25, -0.2) is 8.42 Å². The van der Waals surface area contributed by atoms with Gasteiger partial charge in [0.25, 0.3) is 15.9 Å². The van der Waals surface area contributed by atoms with Crippen molar-refractivity contribution in [2.75, 3.05) is 11.3 Å². The van der Waals surface area contributed by atoms with Crippen molar-refractivity contribution in [2.45, 2.75) is 17.2 Å². The number of rotatable bonds is 5. The first-order valence-electron chi connectivity index (χ1n) is 7.43. The van der Waals surface area contributed by atoms with E-state index in [1.807, 2.05) is 4.72 Å². The Morgan fingerprint density at radius 3 is 2.07 bits per heavy atom. The van der Waals surface area contributed by atoms with E-state index >= 15 is 0 Å². The maximum atomic E-state index is 12.5. The first-order valence-corrected chi connectivity index (χ1v) is 8.91. The number of hydrogen-bond acceptors (Lipinski definition) is 3. The highest BCUT2D eigenvalue weighted by Gasteiger charge is 2.30. The summed E-state index contributed by atoms with van der Waals surface area (Å²) < 4.78 is 101. The van der Waals surface area contributed by atoms with Crippen molar-refractivity contribution in [3.05, 3.63) is 59.7 Å². The molecule has 28 heavy (non-hydrogen) atoms. The Balaban J connectivity index is 2.18. The Labute approximate surface area is 155 Å². The zero-order chi connectivity index (χ0) is 21.2. The average Bonchev–Trinajstić information content (AvgIpc) is 2.58. The highest BCUT2D eigenvalue weighted by atomic mass is 32.2. The van der Waals surface area contributed by atoms with Crippen LogP contribution in [0, 0.1) is 0 Å². The fraction of sp³-hybridized carbons (Fsp3) is 0.188. The lowest BCUT2D eigenvalue weighted by molar-refractivity contribution is -0.137. The molecule has 0 heterocycles. The molecule has 5 nitrogen and oxygen atoms in total. The Morgan fingerprint density at radius 1 is 0.929 bits per heavy atom. The molecule has 2 aromatic rings. The van der Waals surface area contributed by atoms with E-state index in [-0.39, 0.29) is 11.3 Å². The molecule has 1 amide bonds. The van der Waals surface area contributed by atoms with Crippen LogP contribution < -0.4 is 10.0 Å². The molecule has 2 N–H and O–H groups in total. The van der Waals surface area contributed by atoms with Gasteiger partial charge >= 0.3 is 12.4 Å². The number of benzene rings is 2. The van der Waals surface area contributed by atoms with Gasteiger partial charge in [0.05, 0.1) is 10.5 Å². The van der Waals surface area contributed by atoms with Crippen LogP contribution in [-0.2, 0) is 16.2 Å². The average molecular weight is 426 g/mol. The number of alkyl halides is 6. The van der Waals surface area contributed by atoms with Gasteiger partial charge in [0, 0.05) is 11.3 Å². The normalized spacial score (nSPS) is 12.5. The fourth-order valence-electron chi connectivity index (χ4n) is 2.03. The lowest BCUT2D eigenvalue weighted by Crippen LogP contribution is -2.33. The number of carbonyl (C=O) groups is 1. The largest absolute Gasteiger partial charge is 0.416 e. The minimum Gasteiger partial charge on any atom is -0.343 e. The van der Waals surface area contributed by atoms with Crippen LogP contribution in [0.4, 0.5) is 32.0 Å². The van der Waals surface area contributed by atoms with Gasteiger partial charge in [-0.3, -0.25) is 9.52 Å². The van der Waals surface area contributed by atoms with Gasteiger partial charge in [0.2, 0.25) is 0 Å². The summed E-state index contributed by atoms with van der Waals surface area (Å²) in [6.45, 7) is -1.59. The number of carbonyl (C=O) groups excluding carboxylic acids is 1. The van der Waals surface area contributed by atoms with E-state index in [2.05, 4.69) is 0 Å². The standard InChI is InChI=1S/C16H12F6N2O3S/c17-15(18,19)9-23-14(25)10-2-1-3-13(8-10)28(26,27)24-12-6-4-11(5-7-12)16(20,21)22/h1-8,24H,9H2,(H,23,25). The van der Waals surface area contributed by atoms with Crippen molar-refractivity contribution < 1.29 is 39.6 Å². The molecule has 0 atom stereocenters. The minimum atomic E-state index is -4.64. The minimum absolute atomic E-state index is 0.167. The molecule has 0 fully saturated rings. The molecule has 0 aliphatic carbocycles. The number of halogens is 6. The molecule has 0 saturated heterocycles. The van der Waals surface area contributed by atoms with Gasteiger partial charge in [0.1, 0.15) is 6.54 Å². The number of amides is 1. The lowest BCUT2D eigenvalue weighted by Gasteiger charge is -2.12. The second-order valence-corrected chi connectivity index (χ2v) is 7.19. The predicted molar refractivity (Wildman–Crippen MR) is 87.1 cm³/mol. The van der Waals surface area contributed by atoms with E-state index in [0.717, 1.165) is 36.4 Å². The molecule has 12 heteroatoms. The monoisotopic (exact) mass is 426 g/mol. The topological polar surface area (TPSA) is 75.3 Å². The second-order valence-electron chi connectivity index (χ2n) is 5.51. The summed E-state index contributed by atoms with van der Waals surface area (Å²) in [4.78, 5) is 11.3. The lowest BCUT2D eigenvalue weighted by atomic mass is 10.2. The zero-order valence-corrected chi connectivity index (χ0v) is 14.5. The van der Waals surface area contributed by atoms with Gasteiger partial charge in [-0.15, -0.1) is 0 Å². The quantitative estimate of drug-likeness (QED) is 0.715. The summed E-state index contributed by atoms with van der Waals surface area (Å²) in [5.41, 5.74) is -1.47. The summed E-state index contributed by atoms with van der Waals surface area (Å²) in [5.74, 6) is -1.14. The molecule has 0 bridgehead atoms. The summed E-state index contributed by atoms with van der Waals surface area (Å²) in [6, 6.07) is 7.34. The fourth-order valence-corrected chi connectivity index (χ4v) is 3.13. The van der Waals surface area contributed by atoms with E-state index in [9.17, 15) is 39.6 Å². The molecule has 152 valence electrons. The van der Waals surface area contributed by atoms with E-state index in [4.69, 9.17) is 0 Å². The maximum absolute atomic E-state index is 12.5. The molecule has 2 rings (SSSR count). The van der Waals surface area contributed by atoms with E-state index in [1.54, 1.807) is 5.32 Å². The summed E-state index contributed by atoms with van der Waals surface area (Å²) >= 11 is 0. The molecule has 0 radical (unpaired) electrons. The molecule has 0 aliphatic rings. The Morgan fingerprint density at radius 2 is 1.54 bits per heavy atom. The van der Waals surface area contributed by atoms with Crippen LogP contribution >= 0.6 is 0 Å². The summed E-state index contributed by atoms with van der Waals surface area (Å²) in [6.07, 6.45) is -9.22. The second kappa shape index (κ2) is 7.70. The van der Waals surface area contributed by atoms with Crippen molar-refractivity contribution in [2.24, 2.45) is 0 Å². The molecular weight excluding hydrogens is 414 g/mol. The highest BCUT2D eigenvalue weighted by Crippen LogP contribution is 2.30. The van der Waals surface area contributed by atoms with E-state index in [0.29, 0.717) is 12.1 Å². The van der Waals surface area contributed by atoms with Crippen LogP contribution in [0.2, 0.25) is 0 Å². The third-order valence-corrected chi connectivity index (χ3v) is 4.70. The van der Waals surface area contributed by atoms with Gasteiger partial charge in [-0.2, -0.15) is 26.3 Å². The zero-order valence-electron chi connectivity index (χ0n) is 13.7. The van der Waals surface area contributed by atoms with Gasteiger partial charge in [-0.1, -0.05) is 6.07 Å². The van der Waals surface area contributed by atoms with Gasteiger partial charge < -0.3 is 5.32 Å². The van der Waals surface area contributed by atoms with Crippen molar-refractivity contribution in [1.82, 2.24) is 5.32 Å². The Bertz CT molecular complexity index is 954. The number of hydrogen-bond donors (Lipinski definition) is 2. The van der Waals surface area contributed by atoms with Gasteiger partial charge in [-0.05, 0) is 42.5 Å². The number of sulfonamides is 1. The van der Waals surface area contributed by atoms with Crippen LogP contribution in [-0.4, -0.2) is 27.0 Å². The van der Waals surface area contributed by atoms with Crippen LogP contribution in [0.1, 0.15) is 15.9 Å². The van der Waals surface area contributed by atoms with Crippen LogP contribution in [0.25, 0.3) is 0 Å². The maximum Gasteiger partial charge on any atom is 0.416 e. The smallest absolute Gasteiger partial charge is 0.343 e. The predicted octanol–water partition coefficient (Wildman–Crippen LogP) is 3.80. The molecule has 0 spiro atoms. The van der Waals surface area contributed by atoms with Crippen LogP contribution in [0.3, 0.4) is 0 Å². The third-order valence-electron chi connectivity index (χ3n) is 3.32. The third kappa shape index (κ3) is 5.87. The Kier molecular flexibility index (Phi) is 5.92. The molecule has 0 aliphatic heterocycles. The number of anilines is 1. The summed E-state index contributed by atoms with van der Waals surface area (Å²) in [7, 11) is -4.29. The first-order chi connectivity index (χ1) is 12.8. The van der Waals surface area contributed by atoms with Crippen molar-refractivity contribution in [3.63, 3.8) is 0 Å². The summed E-state index contributed by atoms with van der Waals surface area (Å²) in [5, 5.41) is 1.60. The molecule has 2 aromatic carbocycles. The van der Waals surface area contributed by atoms with E-state index in [1.165, 1.54) is 0 Å². The molecule has 0 saturated carbocycles. The van der Waals surface area contributed by atoms with Gasteiger partial charge in [0.15, 0.2) is 0 Å². The first kappa shape index (κ1) is 21.5. The van der Waals surface area contributed by atoms with Crippen LogP contribution in [0.5, 0.6) is 0 Å². The van der Waals surface area contributed by atoms with Crippen molar-refractivity contribution in [1.29, 1.82) is 0 Å². The molecule has 0 unspecified atom stereocenters. The molecule has 0 aromatic heterocycles. The SMILES string of the molecule is O=C(NCC(F)(F)F)c1cccc(S(=O)(=O)Nc2ccc(C(F)(F)F)cc2)c1. The van der Waals surface area contributed by atoms with E-state index < -0.39 is 45.3 Å². The Hall–Kier alpha value is -2.76. The van der Waals surface area contributed by atoms with Crippen molar-refractivity contribution in [3.8, 4) is 0 Å². The van der Waals surface area contributed by atoms with Crippen molar-refractivity contribution >= 4 is 21.6 Å². The number of nitrogens with one attached hydrogen (secondary N) is 2. The van der Waals surface area contributed by atoms with Crippen LogP contribution in [0.15, 0.2) is 53.4 Å². The molecular formula is C16H12F6N2O3S. The highest BCUT2D eigenvalue weighted by molar-refractivity contribution is 7.92.